The maximum absolute atomic E-state index is 12.8. The normalized spacial score (nSPS) is 20.4. The van der Waals surface area contributed by atoms with Gasteiger partial charge in [-0.3, -0.25) is 9.78 Å². The highest BCUT2D eigenvalue weighted by Gasteiger charge is 2.27. The number of hydrogen-bond acceptors (Lipinski definition) is 5. The Morgan fingerprint density at radius 2 is 2.00 bits per heavy atom. The third-order valence-electron chi connectivity index (χ3n) is 5.13. The molecule has 0 radical (unpaired) electrons. The van der Waals surface area contributed by atoms with E-state index in [4.69, 9.17) is 4.74 Å². The van der Waals surface area contributed by atoms with Gasteiger partial charge in [0.05, 0.1) is 18.8 Å². The molecule has 0 aromatic carbocycles. The zero-order chi connectivity index (χ0) is 17.8. The number of carbonyl (C=O) groups excluding carboxylic acids is 1. The van der Waals surface area contributed by atoms with E-state index in [0.29, 0.717) is 11.5 Å². The van der Waals surface area contributed by atoms with Crippen LogP contribution in [0.1, 0.15) is 22.5 Å². The molecule has 4 heterocycles. The Morgan fingerprint density at radius 3 is 2.73 bits per heavy atom. The van der Waals surface area contributed by atoms with Crippen molar-refractivity contribution in [3.8, 4) is 0 Å². The molecule has 6 heteroatoms. The van der Waals surface area contributed by atoms with Crippen molar-refractivity contribution in [3.05, 3.63) is 54.0 Å². The molecule has 26 heavy (non-hydrogen) atoms. The van der Waals surface area contributed by atoms with Crippen LogP contribution in [-0.4, -0.2) is 60.2 Å². The van der Waals surface area contributed by atoms with Crippen LogP contribution in [0.4, 0.5) is 5.82 Å². The van der Waals surface area contributed by atoms with E-state index in [-0.39, 0.29) is 5.91 Å². The summed E-state index contributed by atoms with van der Waals surface area (Å²) < 4.78 is 5.37. The molecule has 136 valence electrons. The molecule has 0 aliphatic carbocycles. The van der Waals surface area contributed by atoms with Crippen molar-refractivity contribution in [2.75, 3.05) is 44.3 Å². The number of rotatable bonds is 4. The SMILES string of the molecule is O=C(c1ccc(N2CCOCC2)nc1)N1CCC(Cc2ccccn2)C1. The fourth-order valence-corrected chi connectivity index (χ4v) is 3.67. The quantitative estimate of drug-likeness (QED) is 0.843. The first-order valence-electron chi connectivity index (χ1n) is 9.27. The second kappa shape index (κ2) is 7.83. The molecule has 1 atom stereocenters. The Balaban J connectivity index is 1.35. The molecular weight excluding hydrogens is 328 g/mol. The Labute approximate surface area is 153 Å². The van der Waals surface area contributed by atoms with Gasteiger partial charge in [0.1, 0.15) is 5.82 Å². The minimum absolute atomic E-state index is 0.0783. The van der Waals surface area contributed by atoms with Crippen LogP contribution >= 0.6 is 0 Å². The minimum Gasteiger partial charge on any atom is -0.378 e. The van der Waals surface area contributed by atoms with Crippen LogP contribution in [0.15, 0.2) is 42.7 Å². The van der Waals surface area contributed by atoms with E-state index in [1.807, 2.05) is 35.4 Å². The molecule has 2 aliphatic heterocycles. The minimum atomic E-state index is 0.0783. The number of pyridine rings is 2. The van der Waals surface area contributed by atoms with E-state index in [0.717, 1.165) is 63.7 Å². The highest BCUT2D eigenvalue weighted by Crippen LogP contribution is 2.22. The Morgan fingerprint density at radius 1 is 1.12 bits per heavy atom. The second-order valence-corrected chi connectivity index (χ2v) is 6.94. The summed E-state index contributed by atoms with van der Waals surface area (Å²) in [5, 5.41) is 0. The molecule has 6 nitrogen and oxygen atoms in total. The van der Waals surface area contributed by atoms with Crippen molar-refractivity contribution >= 4 is 11.7 Å². The van der Waals surface area contributed by atoms with Crippen molar-refractivity contribution in [1.29, 1.82) is 0 Å². The van der Waals surface area contributed by atoms with Crippen LogP contribution in [-0.2, 0) is 11.2 Å². The molecule has 2 saturated heterocycles. The molecule has 2 aliphatic rings. The molecule has 1 unspecified atom stereocenters. The van der Waals surface area contributed by atoms with Gasteiger partial charge in [-0.2, -0.15) is 0 Å². The van der Waals surface area contributed by atoms with Gasteiger partial charge in [0.15, 0.2) is 0 Å². The summed E-state index contributed by atoms with van der Waals surface area (Å²) in [6.45, 7) is 4.76. The molecule has 0 saturated carbocycles. The Bertz CT molecular complexity index is 729. The second-order valence-electron chi connectivity index (χ2n) is 6.94. The van der Waals surface area contributed by atoms with E-state index >= 15 is 0 Å². The largest absolute Gasteiger partial charge is 0.378 e. The predicted molar refractivity (Wildman–Crippen MR) is 99.2 cm³/mol. The van der Waals surface area contributed by atoms with Gasteiger partial charge < -0.3 is 14.5 Å². The third-order valence-corrected chi connectivity index (χ3v) is 5.13. The number of aromatic nitrogens is 2. The van der Waals surface area contributed by atoms with Gasteiger partial charge in [-0.1, -0.05) is 6.07 Å². The Kier molecular flexibility index (Phi) is 5.11. The van der Waals surface area contributed by atoms with Gasteiger partial charge in [-0.25, -0.2) is 4.98 Å². The van der Waals surface area contributed by atoms with E-state index in [9.17, 15) is 4.79 Å². The molecule has 0 spiro atoms. The van der Waals surface area contributed by atoms with Gasteiger partial charge in [0, 0.05) is 44.3 Å². The zero-order valence-electron chi connectivity index (χ0n) is 14.9. The lowest BCUT2D eigenvalue weighted by Crippen LogP contribution is -2.36. The first-order valence-corrected chi connectivity index (χ1v) is 9.27. The molecule has 2 aromatic rings. The standard InChI is InChI=1S/C20H24N4O2/c25-20(17-4-5-19(22-14-17)23-9-11-26-12-10-23)24-8-6-16(15-24)13-18-3-1-2-7-21-18/h1-5,7,14,16H,6,8-13,15H2. The van der Waals surface area contributed by atoms with Gasteiger partial charge >= 0.3 is 0 Å². The number of hydrogen-bond donors (Lipinski definition) is 0. The van der Waals surface area contributed by atoms with Crippen LogP contribution in [0, 0.1) is 5.92 Å². The lowest BCUT2D eigenvalue weighted by molar-refractivity contribution is 0.0786. The van der Waals surface area contributed by atoms with E-state index < -0.39 is 0 Å². The average Bonchev–Trinajstić information content (AvgIpc) is 3.17. The fourth-order valence-electron chi connectivity index (χ4n) is 3.67. The number of anilines is 1. The smallest absolute Gasteiger partial charge is 0.255 e. The molecule has 0 N–H and O–H groups in total. The molecular formula is C20H24N4O2. The third kappa shape index (κ3) is 3.85. The Hall–Kier alpha value is -2.47. The first kappa shape index (κ1) is 17.0. The van der Waals surface area contributed by atoms with Crippen molar-refractivity contribution < 1.29 is 9.53 Å². The lowest BCUT2D eigenvalue weighted by atomic mass is 10.0. The number of nitrogens with zero attached hydrogens (tertiary/aromatic N) is 4. The highest BCUT2D eigenvalue weighted by atomic mass is 16.5. The number of amides is 1. The molecule has 0 bridgehead atoms. The van der Waals surface area contributed by atoms with E-state index in [1.165, 1.54) is 0 Å². The van der Waals surface area contributed by atoms with Gasteiger partial charge in [-0.05, 0) is 43.0 Å². The summed E-state index contributed by atoms with van der Waals surface area (Å²) in [5.41, 5.74) is 1.77. The number of carbonyl (C=O) groups is 1. The number of likely N-dealkylation sites (tertiary alicyclic amines) is 1. The lowest BCUT2D eigenvalue weighted by Gasteiger charge is -2.27. The van der Waals surface area contributed by atoms with Crippen LogP contribution in [0.5, 0.6) is 0 Å². The molecule has 2 fully saturated rings. The number of morpholine rings is 1. The highest BCUT2D eigenvalue weighted by molar-refractivity contribution is 5.94. The van der Waals surface area contributed by atoms with Gasteiger partial charge in [-0.15, -0.1) is 0 Å². The summed E-state index contributed by atoms with van der Waals surface area (Å²) in [7, 11) is 0. The van der Waals surface area contributed by atoms with Crippen LogP contribution < -0.4 is 4.90 Å². The van der Waals surface area contributed by atoms with Crippen LogP contribution in [0.3, 0.4) is 0 Å². The topological polar surface area (TPSA) is 58.6 Å². The van der Waals surface area contributed by atoms with Gasteiger partial charge in [0.2, 0.25) is 0 Å². The molecule has 4 rings (SSSR count). The summed E-state index contributed by atoms with van der Waals surface area (Å²) in [6, 6.07) is 9.84. The van der Waals surface area contributed by atoms with Gasteiger partial charge in [0.25, 0.3) is 5.91 Å². The van der Waals surface area contributed by atoms with Crippen molar-refractivity contribution in [3.63, 3.8) is 0 Å². The maximum atomic E-state index is 12.8. The summed E-state index contributed by atoms with van der Waals surface area (Å²) in [4.78, 5) is 25.8. The first-order chi connectivity index (χ1) is 12.8. The van der Waals surface area contributed by atoms with Crippen molar-refractivity contribution in [1.82, 2.24) is 14.9 Å². The zero-order valence-corrected chi connectivity index (χ0v) is 14.9. The summed E-state index contributed by atoms with van der Waals surface area (Å²) in [5.74, 6) is 1.48. The number of ether oxygens (including phenoxy) is 1. The monoisotopic (exact) mass is 352 g/mol. The molecule has 1 amide bonds. The molecule has 2 aromatic heterocycles. The van der Waals surface area contributed by atoms with Crippen molar-refractivity contribution in [2.45, 2.75) is 12.8 Å². The van der Waals surface area contributed by atoms with Crippen LogP contribution in [0.2, 0.25) is 0 Å². The average molecular weight is 352 g/mol. The summed E-state index contributed by atoms with van der Waals surface area (Å²) >= 11 is 0. The summed E-state index contributed by atoms with van der Waals surface area (Å²) in [6.07, 6.45) is 5.49. The van der Waals surface area contributed by atoms with Crippen molar-refractivity contribution in [2.24, 2.45) is 5.92 Å². The predicted octanol–water partition coefficient (Wildman–Crippen LogP) is 2.02. The van der Waals surface area contributed by atoms with Crippen LogP contribution in [0.25, 0.3) is 0 Å². The van der Waals surface area contributed by atoms with E-state index in [2.05, 4.69) is 20.9 Å². The van der Waals surface area contributed by atoms with E-state index in [1.54, 1.807) is 6.20 Å². The maximum Gasteiger partial charge on any atom is 0.255 e. The fraction of sp³-hybridized carbons (Fsp3) is 0.450.